The van der Waals surface area contributed by atoms with Crippen LogP contribution < -0.4 is 5.32 Å². The molecule has 3 aromatic carbocycles. The molecule has 1 atom stereocenters. The van der Waals surface area contributed by atoms with Crippen molar-refractivity contribution >= 4 is 26.6 Å². The number of benzene rings is 3. The van der Waals surface area contributed by atoms with E-state index in [1.165, 1.54) is 54.6 Å². The van der Waals surface area contributed by atoms with Crippen molar-refractivity contribution in [3.8, 4) is 11.3 Å². The minimum Gasteiger partial charge on any atom is -0.337 e. The summed E-state index contributed by atoms with van der Waals surface area (Å²) in [6, 6.07) is 12.4. The van der Waals surface area contributed by atoms with E-state index < -0.39 is 45.9 Å². The highest BCUT2D eigenvalue weighted by molar-refractivity contribution is 7.90. The fraction of sp³-hybridized carbons (Fsp3) is 0.405. The zero-order chi connectivity index (χ0) is 37.4. The molecule has 0 bridgehead atoms. The molecule has 0 saturated carbocycles. The van der Waals surface area contributed by atoms with Crippen LogP contribution in [-0.4, -0.2) is 79.9 Å². The van der Waals surface area contributed by atoms with Crippen LogP contribution in [0.3, 0.4) is 0 Å². The molecule has 1 N–H and O–H groups in total. The molecule has 1 unspecified atom stereocenters. The Bertz CT molecular complexity index is 2030. The summed E-state index contributed by atoms with van der Waals surface area (Å²) in [5.74, 6) is -1.20. The molecule has 2 aliphatic heterocycles. The summed E-state index contributed by atoms with van der Waals surface area (Å²) in [5, 5.41) is 2.04. The number of nitrogens with zero attached hydrogens (tertiary/aromatic N) is 3. The number of alkyl halides is 7. The molecule has 3 heterocycles. The van der Waals surface area contributed by atoms with Gasteiger partial charge in [-0.2, -0.15) is 26.3 Å². The monoisotopic (exact) mass is 750 g/mol. The van der Waals surface area contributed by atoms with Crippen molar-refractivity contribution in [2.45, 2.75) is 67.7 Å². The quantitative estimate of drug-likeness (QED) is 0.186. The Balaban J connectivity index is 1.50. The number of carbonyl (C=O) groups excluding carboxylic acids is 1. The van der Waals surface area contributed by atoms with Crippen LogP contribution in [-0.2, 0) is 22.6 Å². The molecular weight excluding hydrogens is 713 g/mol. The third kappa shape index (κ3) is 8.42. The van der Waals surface area contributed by atoms with Crippen LogP contribution in [0.1, 0.15) is 58.8 Å². The largest absolute Gasteiger partial charge is 0.416 e. The number of likely N-dealkylation sites (tertiary alicyclic amines) is 2. The number of rotatable bonds is 8. The highest BCUT2D eigenvalue weighted by Gasteiger charge is 2.43. The number of piperidine rings is 2. The average Bonchev–Trinajstić information content (AvgIpc) is 3.10. The van der Waals surface area contributed by atoms with Crippen molar-refractivity contribution in [3.05, 3.63) is 95.1 Å². The van der Waals surface area contributed by atoms with E-state index in [1.54, 1.807) is 0 Å². The van der Waals surface area contributed by atoms with Gasteiger partial charge >= 0.3 is 12.4 Å². The molecule has 1 aromatic heterocycles. The van der Waals surface area contributed by atoms with Gasteiger partial charge in [0.15, 0.2) is 15.9 Å². The average molecular weight is 751 g/mol. The minimum absolute atomic E-state index is 0.00644. The van der Waals surface area contributed by atoms with Gasteiger partial charge in [0.1, 0.15) is 6.17 Å². The van der Waals surface area contributed by atoms with Crippen LogP contribution in [0.2, 0.25) is 0 Å². The molecule has 0 aliphatic carbocycles. The topological polar surface area (TPSA) is 82.6 Å². The predicted molar refractivity (Wildman–Crippen MR) is 182 cm³/mol. The lowest BCUT2D eigenvalue weighted by atomic mass is 9.93. The molecule has 15 heteroatoms. The van der Waals surface area contributed by atoms with Crippen molar-refractivity contribution in [1.29, 1.82) is 0 Å². The highest BCUT2D eigenvalue weighted by Crippen LogP contribution is 2.38. The van der Waals surface area contributed by atoms with Gasteiger partial charge in [0.05, 0.1) is 27.2 Å². The maximum absolute atomic E-state index is 14.6. The number of hydrogen-bond donors (Lipinski definition) is 1. The van der Waals surface area contributed by atoms with Crippen LogP contribution in [0.5, 0.6) is 0 Å². The molecule has 4 aromatic rings. The number of pyridine rings is 1. The Morgan fingerprint density at radius 2 is 1.56 bits per heavy atom. The van der Waals surface area contributed by atoms with Gasteiger partial charge in [0, 0.05) is 48.4 Å². The number of hydrogen-bond acceptors (Lipinski definition) is 6. The van der Waals surface area contributed by atoms with Crippen molar-refractivity contribution in [3.63, 3.8) is 0 Å². The Morgan fingerprint density at radius 3 is 2.17 bits per heavy atom. The maximum Gasteiger partial charge on any atom is 0.416 e. The van der Waals surface area contributed by atoms with Gasteiger partial charge in [-0.3, -0.25) is 9.69 Å². The number of nitrogens with one attached hydrogen (secondary N) is 1. The lowest BCUT2D eigenvalue weighted by molar-refractivity contribution is -0.155. The highest BCUT2D eigenvalue weighted by atomic mass is 32.2. The van der Waals surface area contributed by atoms with Gasteiger partial charge in [-0.25, -0.2) is 17.8 Å². The van der Waals surface area contributed by atoms with Crippen LogP contribution in [0.4, 0.5) is 30.7 Å². The molecular formula is C37H37F7N4O3S. The van der Waals surface area contributed by atoms with Gasteiger partial charge in [-0.1, -0.05) is 42.5 Å². The molecule has 6 rings (SSSR count). The molecule has 7 nitrogen and oxygen atoms in total. The third-order valence-corrected chi connectivity index (χ3v) is 10.9. The lowest BCUT2D eigenvalue weighted by Crippen LogP contribution is -2.48. The van der Waals surface area contributed by atoms with E-state index in [0.717, 1.165) is 24.5 Å². The zero-order valence-corrected chi connectivity index (χ0v) is 29.0. The van der Waals surface area contributed by atoms with E-state index in [1.807, 2.05) is 4.90 Å². The first-order chi connectivity index (χ1) is 24.5. The minimum atomic E-state index is -4.94. The van der Waals surface area contributed by atoms with Gasteiger partial charge in [0.2, 0.25) is 0 Å². The normalized spacial score (nSPS) is 18.1. The predicted octanol–water partition coefficient (Wildman–Crippen LogP) is 7.76. The fourth-order valence-electron chi connectivity index (χ4n) is 7.11. The van der Waals surface area contributed by atoms with Crippen LogP contribution >= 0.6 is 0 Å². The molecule has 1 amide bonds. The molecule has 2 saturated heterocycles. The van der Waals surface area contributed by atoms with E-state index in [9.17, 15) is 43.9 Å². The van der Waals surface area contributed by atoms with Gasteiger partial charge < -0.3 is 10.2 Å². The van der Waals surface area contributed by atoms with E-state index >= 15 is 0 Å². The molecule has 0 spiro atoms. The maximum atomic E-state index is 14.6. The molecule has 52 heavy (non-hydrogen) atoms. The Kier molecular flexibility index (Phi) is 10.7. The molecule has 2 fully saturated rings. The zero-order valence-electron chi connectivity index (χ0n) is 28.1. The Hall–Kier alpha value is -4.08. The fourth-order valence-corrected chi connectivity index (χ4v) is 7.76. The summed E-state index contributed by atoms with van der Waals surface area (Å²) in [7, 11) is -3.87. The standard InChI is InChI=1S/C37H37F7N4O3S/c1-52(50,51)28-10-11-31-29(21-28)32(35(49)46-34(37(42,43)44)23-6-3-2-4-7-23)30(33(45-31)24-8-5-9-25(20-24)36(39,40)41)22-47-16-14-27(15-17-47)48-18-12-26(38)13-19-48/h2-11,20-21,26-27,34H,12-19,22H2,1H3,(H,46,49). The summed E-state index contributed by atoms with van der Waals surface area (Å²) < 4.78 is 125. The third-order valence-electron chi connectivity index (χ3n) is 9.83. The van der Waals surface area contributed by atoms with Crippen molar-refractivity contribution in [1.82, 2.24) is 20.1 Å². The van der Waals surface area contributed by atoms with E-state index in [0.29, 0.717) is 51.9 Å². The van der Waals surface area contributed by atoms with E-state index in [-0.39, 0.29) is 56.3 Å². The Morgan fingerprint density at radius 1 is 0.885 bits per heavy atom. The van der Waals surface area contributed by atoms with Crippen molar-refractivity contribution in [2.75, 3.05) is 32.4 Å². The summed E-state index contributed by atoms with van der Waals surface area (Å²) in [5.41, 5.74) is -1.57. The van der Waals surface area contributed by atoms with Gasteiger partial charge in [-0.15, -0.1) is 0 Å². The van der Waals surface area contributed by atoms with Gasteiger partial charge in [-0.05, 0) is 74.7 Å². The lowest BCUT2D eigenvalue weighted by Gasteiger charge is -2.41. The molecule has 2 aliphatic rings. The number of halogens is 7. The number of aromatic nitrogens is 1. The van der Waals surface area contributed by atoms with Crippen molar-refractivity contribution in [2.24, 2.45) is 0 Å². The van der Waals surface area contributed by atoms with E-state index in [4.69, 9.17) is 0 Å². The summed E-state index contributed by atoms with van der Waals surface area (Å²) in [4.78, 5) is 23.0. The van der Waals surface area contributed by atoms with E-state index in [2.05, 4.69) is 15.2 Å². The summed E-state index contributed by atoms with van der Waals surface area (Å²) in [6.45, 7) is 2.10. The smallest absolute Gasteiger partial charge is 0.337 e. The number of carbonyl (C=O) groups is 1. The summed E-state index contributed by atoms with van der Waals surface area (Å²) in [6.07, 6.45) is -7.35. The summed E-state index contributed by atoms with van der Waals surface area (Å²) >= 11 is 0. The van der Waals surface area contributed by atoms with Crippen LogP contribution in [0.15, 0.2) is 77.7 Å². The second-order valence-corrected chi connectivity index (χ2v) is 15.4. The first-order valence-electron chi connectivity index (χ1n) is 16.9. The Labute approximate surface area is 296 Å². The SMILES string of the molecule is CS(=O)(=O)c1ccc2nc(-c3cccc(C(F)(F)F)c3)c(CN3CCC(N4CCC(F)CC4)CC3)c(C(=O)NC(c3ccccc3)C(F)(F)F)c2c1. The first kappa shape index (κ1) is 37.7. The van der Waals surface area contributed by atoms with Gasteiger partial charge in [0.25, 0.3) is 5.91 Å². The van der Waals surface area contributed by atoms with Crippen molar-refractivity contribution < 1.29 is 43.9 Å². The van der Waals surface area contributed by atoms with Crippen LogP contribution in [0, 0.1) is 0 Å². The second kappa shape index (κ2) is 14.7. The second-order valence-electron chi connectivity index (χ2n) is 13.4. The number of sulfone groups is 1. The first-order valence-corrected chi connectivity index (χ1v) is 18.8. The molecule has 278 valence electrons. The molecule has 0 radical (unpaired) electrons. The number of fused-ring (bicyclic) bond motifs is 1. The van der Waals surface area contributed by atoms with Crippen LogP contribution in [0.25, 0.3) is 22.2 Å². The number of amides is 1.